The van der Waals surface area contributed by atoms with Gasteiger partial charge in [0.05, 0.1) is 10.0 Å². The lowest BCUT2D eigenvalue weighted by Gasteiger charge is -2.15. The zero-order valence-electron chi connectivity index (χ0n) is 10.8. The minimum Gasteiger partial charge on any atom is -0.339 e. The second kappa shape index (κ2) is 6.37. The second-order valence-electron chi connectivity index (χ2n) is 4.30. The molecule has 4 nitrogen and oxygen atoms in total. The highest BCUT2D eigenvalue weighted by Gasteiger charge is 2.11. The monoisotopic (exact) mass is 299 g/mol. The first-order valence-electron chi connectivity index (χ1n) is 6.04. The van der Waals surface area contributed by atoms with Gasteiger partial charge in [0.25, 0.3) is 0 Å². The Morgan fingerprint density at radius 2 is 2.16 bits per heavy atom. The Kier molecular flexibility index (Phi) is 4.80. The van der Waals surface area contributed by atoms with Crippen LogP contribution in [0.25, 0.3) is 0 Å². The van der Waals surface area contributed by atoms with Crippen molar-refractivity contribution < 1.29 is 4.52 Å². The lowest BCUT2D eigenvalue weighted by molar-refractivity contribution is 0.370. The maximum Gasteiger partial charge on any atom is 0.227 e. The van der Waals surface area contributed by atoms with E-state index in [1.165, 1.54) is 0 Å². The molecule has 102 valence electrons. The molecule has 0 fully saturated rings. The maximum absolute atomic E-state index is 6.17. The predicted octanol–water partition coefficient (Wildman–Crippen LogP) is 3.58. The Labute approximate surface area is 122 Å². The lowest BCUT2D eigenvalue weighted by atomic mass is 10.1. The highest BCUT2D eigenvalue weighted by Crippen LogP contribution is 2.29. The first-order valence-corrected chi connectivity index (χ1v) is 6.80. The third-order valence-corrected chi connectivity index (χ3v) is 3.64. The smallest absolute Gasteiger partial charge is 0.227 e. The SMILES string of the molecule is Cc1noc(CCNC(C)c2cccc(Cl)c2Cl)n1. The Hall–Kier alpha value is -1.10. The van der Waals surface area contributed by atoms with Crippen LogP contribution >= 0.6 is 23.2 Å². The molecule has 1 unspecified atom stereocenters. The van der Waals surface area contributed by atoms with E-state index in [-0.39, 0.29) is 6.04 Å². The fourth-order valence-corrected chi connectivity index (χ4v) is 2.27. The molecule has 0 amide bonds. The molecule has 1 aromatic heterocycles. The van der Waals surface area contributed by atoms with Crippen LogP contribution in [-0.2, 0) is 6.42 Å². The summed E-state index contributed by atoms with van der Waals surface area (Å²) in [6.07, 6.45) is 0.684. The van der Waals surface area contributed by atoms with Crippen molar-refractivity contribution in [2.24, 2.45) is 0 Å². The van der Waals surface area contributed by atoms with E-state index in [1.807, 2.05) is 19.1 Å². The van der Waals surface area contributed by atoms with Crippen LogP contribution in [0.2, 0.25) is 10.0 Å². The van der Waals surface area contributed by atoms with Gasteiger partial charge in [-0.3, -0.25) is 0 Å². The molecule has 1 atom stereocenters. The van der Waals surface area contributed by atoms with Crippen LogP contribution in [0.4, 0.5) is 0 Å². The van der Waals surface area contributed by atoms with Crippen molar-refractivity contribution in [2.75, 3.05) is 6.54 Å². The first-order chi connectivity index (χ1) is 9.08. The van der Waals surface area contributed by atoms with E-state index in [0.717, 1.165) is 12.1 Å². The molecule has 2 aromatic rings. The lowest BCUT2D eigenvalue weighted by Crippen LogP contribution is -2.21. The third-order valence-electron chi connectivity index (χ3n) is 2.81. The number of nitrogens with one attached hydrogen (secondary N) is 1. The summed E-state index contributed by atoms with van der Waals surface area (Å²) in [4.78, 5) is 4.15. The number of hydrogen-bond acceptors (Lipinski definition) is 4. The average molecular weight is 300 g/mol. The van der Waals surface area contributed by atoms with E-state index in [1.54, 1.807) is 13.0 Å². The van der Waals surface area contributed by atoms with Crippen molar-refractivity contribution in [3.8, 4) is 0 Å². The zero-order chi connectivity index (χ0) is 13.8. The predicted molar refractivity (Wildman–Crippen MR) is 75.6 cm³/mol. The van der Waals surface area contributed by atoms with Crippen molar-refractivity contribution in [1.29, 1.82) is 0 Å². The summed E-state index contributed by atoms with van der Waals surface area (Å²) in [7, 11) is 0. The molecule has 0 saturated heterocycles. The summed E-state index contributed by atoms with van der Waals surface area (Å²) in [5, 5.41) is 8.26. The van der Waals surface area contributed by atoms with Crippen LogP contribution in [-0.4, -0.2) is 16.7 Å². The molecule has 1 aromatic carbocycles. The molecular weight excluding hydrogens is 285 g/mol. The van der Waals surface area contributed by atoms with Crippen molar-refractivity contribution >= 4 is 23.2 Å². The van der Waals surface area contributed by atoms with Crippen LogP contribution in [0.15, 0.2) is 22.7 Å². The van der Waals surface area contributed by atoms with Crippen LogP contribution in [0.3, 0.4) is 0 Å². The van der Waals surface area contributed by atoms with Gasteiger partial charge in [0.1, 0.15) is 0 Å². The molecule has 0 spiro atoms. The summed E-state index contributed by atoms with van der Waals surface area (Å²) in [6.45, 7) is 4.57. The summed E-state index contributed by atoms with van der Waals surface area (Å²) in [5.74, 6) is 1.29. The minimum absolute atomic E-state index is 0.107. The van der Waals surface area contributed by atoms with E-state index in [4.69, 9.17) is 27.7 Å². The van der Waals surface area contributed by atoms with Crippen LogP contribution in [0.5, 0.6) is 0 Å². The van der Waals surface area contributed by atoms with E-state index in [2.05, 4.69) is 15.5 Å². The molecule has 0 bridgehead atoms. The van der Waals surface area contributed by atoms with Crippen molar-refractivity contribution in [2.45, 2.75) is 26.3 Å². The van der Waals surface area contributed by atoms with Gasteiger partial charge in [0.15, 0.2) is 5.82 Å². The largest absolute Gasteiger partial charge is 0.339 e. The second-order valence-corrected chi connectivity index (χ2v) is 5.09. The molecule has 0 radical (unpaired) electrons. The Bertz CT molecular complexity index is 557. The van der Waals surface area contributed by atoms with Gasteiger partial charge in [-0.15, -0.1) is 0 Å². The summed E-state index contributed by atoms with van der Waals surface area (Å²) < 4.78 is 5.05. The molecule has 0 saturated carbocycles. The Morgan fingerprint density at radius 1 is 1.37 bits per heavy atom. The maximum atomic E-state index is 6.17. The van der Waals surface area contributed by atoms with Crippen LogP contribution in [0.1, 0.15) is 30.2 Å². The van der Waals surface area contributed by atoms with E-state index in [0.29, 0.717) is 28.2 Å². The van der Waals surface area contributed by atoms with E-state index in [9.17, 15) is 0 Å². The highest BCUT2D eigenvalue weighted by molar-refractivity contribution is 6.42. The molecule has 1 heterocycles. The van der Waals surface area contributed by atoms with Gasteiger partial charge >= 0.3 is 0 Å². The molecule has 0 aliphatic carbocycles. The number of nitrogens with zero attached hydrogens (tertiary/aromatic N) is 2. The molecule has 1 N–H and O–H groups in total. The van der Waals surface area contributed by atoms with Gasteiger partial charge in [-0.1, -0.05) is 40.5 Å². The molecule has 0 aliphatic rings. The highest BCUT2D eigenvalue weighted by atomic mass is 35.5. The standard InChI is InChI=1S/C13H15Cl2N3O/c1-8(10-4-3-5-11(14)13(10)15)16-7-6-12-17-9(2)18-19-12/h3-5,8,16H,6-7H2,1-2H3. The van der Waals surface area contributed by atoms with Crippen molar-refractivity contribution in [1.82, 2.24) is 15.5 Å². The third kappa shape index (κ3) is 3.69. The van der Waals surface area contributed by atoms with Gasteiger partial charge < -0.3 is 9.84 Å². The number of halogens is 2. The summed E-state index contributed by atoms with van der Waals surface area (Å²) in [6, 6.07) is 5.74. The van der Waals surface area contributed by atoms with Crippen molar-refractivity contribution in [3.05, 3.63) is 45.5 Å². The van der Waals surface area contributed by atoms with Gasteiger partial charge in [-0.05, 0) is 25.5 Å². The molecular formula is C13H15Cl2N3O. The van der Waals surface area contributed by atoms with Gasteiger partial charge in [0.2, 0.25) is 5.89 Å². The number of aryl methyl sites for hydroxylation is 1. The van der Waals surface area contributed by atoms with E-state index >= 15 is 0 Å². The Morgan fingerprint density at radius 3 is 2.84 bits per heavy atom. The normalized spacial score (nSPS) is 12.6. The molecule has 19 heavy (non-hydrogen) atoms. The van der Waals surface area contributed by atoms with Crippen LogP contribution < -0.4 is 5.32 Å². The van der Waals surface area contributed by atoms with Crippen molar-refractivity contribution in [3.63, 3.8) is 0 Å². The summed E-state index contributed by atoms with van der Waals surface area (Å²) >= 11 is 12.2. The molecule has 0 aliphatic heterocycles. The number of rotatable bonds is 5. The molecule has 2 rings (SSSR count). The number of benzene rings is 1. The zero-order valence-corrected chi connectivity index (χ0v) is 12.3. The first kappa shape index (κ1) is 14.3. The van der Waals surface area contributed by atoms with Gasteiger partial charge in [-0.25, -0.2) is 0 Å². The minimum atomic E-state index is 0.107. The number of hydrogen-bond donors (Lipinski definition) is 1. The topological polar surface area (TPSA) is 51.0 Å². The summed E-state index contributed by atoms with van der Waals surface area (Å²) in [5.41, 5.74) is 0.982. The average Bonchev–Trinajstić information content (AvgIpc) is 2.78. The van der Waals surface area contributed by atoms with E-state index < -0.39 is 0 Å². The fourth-order valence-electron chi connectivity index (χ4n) is 1.80. The quantitative estimate of drug-likeness (QED) is 0.917. The van der Waals surface area contributed by atoms with Gasteiger partial charge in [-0.2, -0.15) is 4.98 Å². The molecule has 6 heteroatoms. The number of aromatic nitrogens is 2. The fraction of sp³-hybridized carbons (Fsp3) is 0.385. The Balaban J connectivity index is 1.90. The van der Waals surface area contributed by atoms with Crippen LogP contribution in [0, 0.1) is 6.92 Å². The van der Waals surface area contributed by atoms with Gasteiger partial charge in [0, 0.05) is 19.0 Å².